The monoisotopic (exact) mass is 443 g/mol. The first-order valence-electron chi connectivity index (χ1n) is 9.30. The number of nitrogens with one attached hydrogen (secondary N) is 1. The van der Waals surface area contributed by atoms with Gasteiger partial charge in [0.1, 0.15) is 17.7 Å². The number of hydrogen-bond donors (Lipinski definition) is 2. The maximum Gasteiger partial charge on any atom is 0.248 e. The molecule has 3 N–H and O–H groups in total. The van der Waals surface area contributed by atoms with Crippen molar-refractivity contribution < 1.29 is 9.53 Å². The summed E-state index contributed by atoms with van der Waals surface area (Å²) < 4.78 is 5.93. The minimum absolute atomic E-state index is 0.0267. The topological polar surface area (TPSA) is 93.4 Å². The lowest BCUT2D eigenvalue weighted by atomic mass is 10.1. The number of aromatic nitrogens is 2. The minimum atomic E-state index is -0.444. The number of nitrogens with two attached hydrogens (primary N) is 1. The van der Waals surface area contributed by atoms with Crippen LogP contribution < -0.4 is 20.7 Å². The van der Waals surface area contributed by atoms with Crippen molar-refractivity contribution in [3.8, 4) is 5.75 Å². The fourth-order valence-corrected chi connectivity index (χ4v) is 3.48. The smallest absolute Gasteiger partial charge is 0.248 e. The van der Waals surface area contributed by atoms with Crippen LogP contribution in [-0.2, 0) is 6.54 Å². The van der Waals surface area contributed by atoms with E-state index in [9.17, 15) is 4.79 Å². The molecule has 1 aromatic heterocycles. The molecule has 1 aliphatic rings. The van der Waals surface area contributed by atoms with Gasteiger partial charge in [-0.25, -0.2) is 4.98 Å². The summed E-state index contributed by atoms with van der Waals surface area (Å²) in [5, 5.41) is 4.27. The molecule has 7 nitrogen and oxygen atoms in total. The molecule has 1 saturated heterocycles. The van der Waals surface area contributed by atoms with Gasteiger partial charge in [-0.3, -0.25) is 4.79 Å². The standard InChI is InChI=1S/C21H19Cl2N5O2/c22-15-5-6-18(17(23)9-15)30-16-11-28(12-16)19-7-8-25-21(27-19)26-10-13-1-3-14(4-2-13)20(24)29/h1-9,16H,10-12H2,(H2,24,29)(H,25,26,27). The summed E-state index contributed by atoms with van der Waals surface area (Å²) in [6.45, 7) is 1.93. The van der Waals surface area contributed by atoms with Crippen LogP contribution in [0.4, 0.5) is 11.8 Å². The van der Waals surface area contributed by atoms with Gasteiger partial charge in [0.2, 0.25) is 11.9 Å². The molecule has 1 aliphatic heterocycles. The molecule has 2 heterocycles. The molecular weight excluding hydrogens is 425 g/mol. The molecule has 0 saturated carbocycles. The van der Waals surface area contributed by atoms with Crippen molar-refractivity contribution in [2.24, 2.45) is 5.73 Å². The number of carbonyl (C=O) groups is 1. The normalized spacial score (nSPS) is 13.6. The molecule has 4 rings (SSSR count). The molecular formula is C21H19Cl2N5O2. The van der Waals surface area contributed by atoms with E-state index in [4.69, 9.17) is 33.7 Å². The SMILES string of the molecule is NC(=O)c1ccc(CNc2nccc(N3CC(Oc4ccc(Cl)cc4Cl)C3)n2)cc1. The van der Waals surface area contributed by atoms with Crippen molar-refractivity contribution in [3.05, 3.63) is 75.9 Å². The molecule has 0 spiro atoms. The number of hydrogen-bond acceptors (Lipinski definition) is 6. The first kappa shape index (κ1) is 20.3. The van der Waals surface area contributed by atoms with Gasteiger partial charge in [0, 0.05) is 23.3 Å². The van der Waals surface area contributed by atoms with Gasteiger partial charge in [0.15, 0.2) is 0 Å². The summed E-state index contributed by atoms with van der Waals surface area (Å²) in [5.74, 6) is 1.52. The number of carbonyl (C=O) groups excluding carboxylic acids is 1. The van der Waals surface area contributed by atoms with E-state index in [1.54, 1.807) is 36.5 Å². The fraction of sp³-hybridized carbons (Fsp3) is 0.190. The Labute approximate surface area is 183 Å². The van der Waals surface area contributed by atoms with Gasteiger partial charge in [-0.05, 0) is 42.0 Å². The van der Waals surface area contributed by atoms with E-state index in [-0.39, 0.29) is 6.10 Å². The summed E-state index contributed by atoms with van der Waals surface area (Å²) in [6, 6.07) is 14.1. The highest BCUT2D eigenvalue weighted by Crippen LogP contribution is 2.30. The Balaban J connectivity index is 1.31. The Morgan fingerprint density at radius 2 is 1.93 bits per heavy atom. The third-order valence-electron chi connectivity index (χ3n) is 4.69. The quantitative estimate of drug-likeness (QED) is 0.577. The number of benzene rings is 2. The lowest BCUT2D eigenvalue weighted by Gasteiger charge is -2.39. The summed E-state index contributed by atoms with van der Waals surface area (Å²) >= 11 is 12.1. The van der Waals surface area contributed by atoms with Crippen LogP contribution in [0.5, 0.6) is 5.75 Å². The van der Waals surface area contributed by atoms with Gasteiger partial charge >= 0.3 is 0 Å². The van der Waals surface area contributed by atoms with Gasteiger partial charge in [-0.15, -0.1) is 0 Å². The molecule has 2 aromatic carbocycles. The van der Waals surface area contributed by atoms with Crippen molar-refractivity contribution in [2.45, 2.75) is 12.6 Å². The van der Waals surface area contributed by atoms with Crippen LogP contribution in [0.3, 0.4) is 0 Å². The van der Waals surface area contributed by atoms with E-state index in [0.717, 1.165) is 11.4 Å². The molecule has 0 radical (unpaired) electrons. The Kier molecular flexibility index (Phi) is 5.92. The second-order valence-electron chi connectivity index (χ2n) is 6.87. The van der Waals surface area contributed by atoms with E-state index in [1.165, 1.54) is 0 Å². The highest BCUT2D eigenvalue weighted by molar-refractivity contribution is 6.35. The van der Waals surface area contributed by atoms with Crippen LogP contribution in [0.15, 0.2) is 54.7 Å². The zero-order chi connectivity index (χ0) is 21.1. The van der Waals surface area contributed by atoms with E-state index in [1.807, 2.05) is 18.2 Å². The van der Waals surface area contributed by atoms with Gasteiger partial charge in [0.25, 0.3) is 0 Å². The van der Waals surface area contributed by atoms with Crippen LogP contribution >= 0.6 is 23.2 Å². The zero-order valence-corrected chi connectivity index (χ0v) is 17.4. The number of halogens is 2. The summed E-state index contributed by atoms with van der Waals surface area (Å²) in [5.41, 5.74) is 6.73. The maximum atomic E-state index is 11.1. The minimum Gasteiger partial charge on any atom is -0.485 e. The van der Waals surface area contributed by atoms with E-state index >= 15 is 0 Å². The van der Waals surface area contributed by atoms with Crippen molar-refractivity contribution in [2.75, 3.05) is 23.3 Å². The highest BCUT2D eigenvalue weighted by atomic mass is 35.5. The predicted molar refractivity (Wildman–Crippen MR) is 117 cm³/mol. The lowest BCUT2D eigenvalue weighted by molar-refractivity contribution is 0.100. The van der Waals surface area contributed by atoms with E-state index in [0.29, 0.717) is 46.9 Å². The molecule has 0 unspecified atom stereocenters. The van der Waals surface area contributed by atoms with Gasteiger partial charge in [0.05, 0.1) is 18.1 Å². The van der Waals surface area contributed by atoms with E-state index < -0.39 is 5.91 Å². The van der Waals surface area contributed by atoms with Crippen LogP contribution in [0.1, 0.15) is 15.9 Å². The third kappa shape index (κ3) is 4.75. The van der Waals surface area contributed by atoms with Crippen LogP contribution in [0.25, 0.3) is 0 Å². The van der Waals surface area contributed by atoms with E-state index in [2.05, 4.69) is 20.2 Å². The molecule has 9 heteroatoms. The number of rotatable bonds is 7. The summed E-state index contributed by atoms with van der Waals surface area (Å²) in [4.78, 5) is 22.1. The molecule has 30 heavy (non-hydrogen) atoms. The van der Waals surface area contributed by atoms with Crippen molar-refractivity contribution in [3.63, 3.8) is 0 Å². The molecule has 3 aromatic rings. The summed E-state index contributed by atoms with van der Waals surface area (Å²) in [6.07, 6.45) is 1.74. The Hall–Kier alpha value is -3.03. The van der Waals surface area contributed by atoms with Crippen LogP contribution in [0.2, 0.25) is 10.0 Å². The second-order valence-corrected chi connectivity index (χ2v) is 7.72. The van der Waals surface area contributed by atoms with Crippen molar-refractivity contribution >= 4 is 40.9 Å². The summed E-state index contributed by atoms with van der Waals surface area (Å²) in [7, 11) is 0. The van der Waals surface area contributed by atoms with Gasteiger partial charge in [-0.2, -0.15) is 4.98 Å². The number of anilines is 2. The largest absolute Gasteiger partial charge is 0.485 e. The first-order chi connectivity index (χ1) is 14.5. The molecule has 0 bridgehead atoms. The van der Waals surface area contributed by atoms with Crippen molar-refractivity contribution in [1.82, 2.24) is 9.97 Å². The average Bonchev–Trinajstić information content (AvgIpc) is 2.70. The Bertz CT molecular complexity index is 1060. The molecule has 0 atom stereocenters. The van der Waals surface area contributed by atoms with Crippen LogP contribution in [0, 0.1) is 0 Å². The number of ether oxygens (including phenoxy) is 1. The molecule has 1 amide bonds. The Morgan fingerprint density at radius 3 is 2.63 bits per heavy atom. The number of amides is 1. The number of primary amides is 1. The zero-order valence-electron chi connectivity index (χ0n) is 15.9. The van der Waals surface area contributed by atoms with Crippen LogP contribution in [-0.4, -0.2) is 35.1 Å². The van der Waals surface area contributed by atoms with Crippen molar-refractivity contribution in [1.29, 1.82) is 0 Å². The molecule has 0 aliphatic carbocycles. The fourth-order valence-electron chi connectivity index (χ4n) is 3.03. The Morgan fingerprint density at radius 1 is 1.17 bits per heavy atom. The third-order valence-corrected chi connectivity index (χ3v) is 5.22. The second kappa shape index (κ2) is 8.77. The molecule has 1 fully saturated rings. The average molecular weight is 444 g/mol. The number of nitrogens with zero attached hydrogens (tertiary/aromatic N) is 3. The van der Waals surface area contributed by atoms with Gasteiger partial charge < -0.3 is 20.7 Å². The highest BCUT2D eigenvalue weighted by Gasteiger charge is 2.30. The molecule has 154 valence electrons. The maximum absolute atomic E-state index is 11.1. The first-order valence-corrected chi connectivity index (χ1v) is 10.1. The lowest BCUT2D eigenvalue weighted by Crippen LogP contribution is -2.54. The predicted octanol–water partition coefficient (Wildman–Crippen LogP) is 3.76. The van der Waals surface area contributed by atoms with Gasteiger partial charge in [-0.1, -0.05) is 35.3 Å².